The number of halogens is 2. The molecular formula is C17H11Cl2N3O4. The third kappa shape index (κ3) is 4.30. The summed E-state index contributed by atoms with van der Waals surface area (Å²) in [6, 6.07) is 10.4. The Labute approximate surface area is 158 Å². The van der Waals surface area contributed by atoms with E-state index in [2.05, 4.69) is 5.32 Å². The highest BCUT2D eigenvalue weighted by molar-refractivity contribution is 6.43. The number of nitro groups is 1. The van der Waals surface area contributed by atoms with Crippen molar-refractivity contribution in [2.24, 2.45) is 0 Å². The summed E-state index contributed by atoms with van der Waals surface area (Å²) in [5.74, 6) is -0.562. The first-order chi connectivity index (χ1) is 12.4. The van der Waals surface area contributed by atoms with Crippen LogP contribution in [-0.4, -0.2) is 17.9 Å². The number of hydrogen-bond acceptors (Lipinski definition) is 5. The van der Waals surface area contributed by atoms with Crippen LogP contribution < -0.4 is 10.1 Å². The lowest BCUT2D eigenvalue weighted by atomic mass is 10.1. The number of amides is 1. The number of nitro benzene ring substituents is 1. The van der Waals surface area contributed by atoms with Gasteiger partial charge in [-0.25, -0.2) is 0 Å². The minimum absolute atomic E-state index is 0.0702. The number of carbonyl (C=O) groups is 1. The summed E-state index contributed by atoms with van der Waals surface area (Å²) in [5, 5.41) is 23.2. The molecule has 1 amide bonds. The summed E-state index contributed by atoms with van der Waals surface area (Å²) in [6.45, 7) is 0. The van der Waals surface area contributed by atoms with Gasteiger partial charge in [-0.05, 0) is 29.8 Å². The van der Waals surface area contributed by atoms with Crippen LogP contribution >= 0.6 is 23.2 Å². The molecule has 0 heterocycles. The molecule has 132 valence electrons. The molecule has 9 heteroatoms. The highest BCUT2D eigenvalue weighted by atomic mass is 35.5. The molecule has 0 radical (unpaired) electrons. The van der Waals surface area contributed by atoms with E-state index < -0.39 is 10.8 Å². The van der Waals surface area contributed by atoms with Crippen LogP contribution in [0.25, 0.3) is 6.08 Å². The molecule has 0 atom stereocenters. The van der Waals surface area contributed by atoms with Crippen LogP contribution in [0.4, 0.5) is 11.4 Å². The number of ether oxygens (including phenoxy) is 1. The largest absolute Gasteiger partial charge is 0.496 e. The van der Waals surface area contributed by atoms with E-state index in [4.69, 9.17) is 27.9 Å². The van der Waals surface area contributed by atoms with Crippen molar-refractivity contribution in [1.29, 1.82) is 5.26 Å². The quantitative estimate of drug-likeness (QED) is 0.350. The summed E-state index contributed by atoms with van der Waals surface area (Å²) in [5.41, 5.74) is -0.357. The molecule has 0 saturated carbocycles. The Balaban J connectivity index is 2.36. The summed E-state index contributed by atoms with van der Waals surface area (Å²) >= 11 is 11.9. The molecule has 0 fully saturated rings. The predicted molar refractivity (Wildman–Crippen MR) is 98.3 cm³/mol. The Morgan fingerprint density at radius 1 is 1.35 bits per heavy atom. The van der Waals surface area contributed by atoms with Crippen LogP contribution in [0.5, 0.6) is 5.75 Å². The zero-order valence-corrected chi connectivity index (χ0v) is 14.8. The molecular weight excluding hydrogens is 381 g/mol. The maximum atomic E-state index is 12.3. The Bertz CT molecular complexity index is 952. The molecule has 2 rings (SSSR count). The van der Waals surface area contributed by atoms with Gasteiger partial charge in [-0.15, -0.1) is 0 Å². The second-order valence-corrected chi connectivity index (χ2v) is 5.69. The second kappa shape index (κ2) is 8.34. The fraction of sp³-hybridized carbons (Fsp3) is 0.0588. The average molecular weight is 392 g/mol. The third-order valence-electron chi connectivity index (χ3n) is 3.30. The number of methoxy groups -OCH3 is 1. The van der Waals surface area contributed by atoms with Crippen LogP contribution in [0.1, 0.15) is 5.56 Å². The van der Waals surface area contributed by atoms with Crippen LogP contribution in [0.3, 0.4) is 0 Å². The molecule has 0 aliphatic carbocycles. The summed E-state index contributed by atoms with van der Waals surface area (Å²) in [7, 11) is 1.36. The average Bonchev–Trinajstić information content (AvgIpc) is 2.62. The molecule has 2 aromatic carbocycles. The molecule has 26 heavy (non-hydrogen) atoms. The third-order valence-corrected chi connectivity index (χ3v) is 4.13. The number of nitriles is 1. The van der Waals surface area contributed by atoms with Gasteiger partial charge in [0, 0.05) is 0 Å². The fourth-order valence-electron chi connectivity index (χ4n) is 2.02. The van der Waals surface area contributed by atoms with E-state index in [1.54, 1.807) is 24.3 Å². The van der Waals surface area contributed by atoms with E-state index in [1.807, 2.05) is 0 Å². The first-order valence-electron chi connectivity index (χ1n) is 7.07. The zero-order valence-electron chi connectivity index (χ0n) is 13.3. The number of nitrogens with one attached hydrogen (secondary N) is 1. The zero-order chi connectivity index (χ0) is 19.3. The van der Waals surface area contributed by atoms with Crippen LogP contribution in [-0.2, 0) is 4.79 Å². The lowest BCUT2D eigenvalue weighted by Gasteiger charge is -2.07. The first-order valence-corrected chi connectivity index (χ1v) is 7.82. The van der Waals surface area contributed by atoms with Gasteiger partial charge in [0.05, 0.1) is 28.1 Å². The number of carbonyl (C=O) groups excluding carboxylic acids is 1. The monoisotopic (exact) mass is 391 g/mol. The molecule has 1 N–H and O–H groups in total. The van der Waals surface area contributed by atoms with Crippen LogP contribution in [0.2, 0.25) is 10.0 Å². The van der Waals surface area contributed by atoms with Gasteiger partial charge in [0.2, 0.25) is 0 Å². The van der Waals surface area contributed by atoms with E-state index in [9.17, 15) is 20.2 Å². The molecule has 0 unspecified atom stereocenters. The van der Waals surface area contributed by atoms with E-state index in [1.165, 1.54) is 31.4 Å². The van der Waals surface area contributed by atoms with Gasteiger partial charge in [-0.2, -0.15) is 5.26 Å². The van der Waals surface area contributed by atoms with Crippen molar-refractivity contribution in [2.75, 3.05) is 12.4 Å². The molecule has 0 aliphatic heterocycles. The summed E-state index contributed by atoms with van der Waals surface area (Å²) < 4.78 is 4.93. The molecule has 0 spiro atoms. The van der Waals surface area contributed by atoms with Gasteiger partial charge in [0.25, 0.3) is 11.6 Å². The standard InChI is InChI=1S/C17H11Cl2N3O4/c1-26-12-5-6-14(15(8-12)22(24)25)21-17(23)11(9-20)7-10-3-2-4-13(18)16(10)19/h2-8H,1H3,(H,21,23)/b11-7+. The molecule has 0 aromatic heterocycles. The lowest BCUT2D eigenvalue weighted by molar-refractivity contribution is -0.384. The van der Waals surface area contributed by atoms with Gasteiger partial charge in [-0.3, -0.25) is 14.9 Å². The molecule has 0 bridgehead atoms. The van der Waals surface area contributed by atoms with Gasteiger partial charge in [-0.1, -0.05) is 35.3 Å². The Kier molecular flexibility index (Phi) is 6.17. The maximum Gasteiger partial charge on any atom is 0.296 e. The van der Waals surface area contributed by atoms with E-state index in [0.717, 1.165) is 0 Å². The number of anilines is 1. The number of hydrogen-bond donors (Lipinski definition) is 1. The smallest absolute Gasteiger partial charge is 0.296 e. The van der Waals surface area contributed by atoms with Gasteiger partial charge < -0.3 is 10.1 Å². The van der Waals surface area contributed by atoms with Crippen molar-refractivity contribution < 1.29 is 14.5 Å². The number of nitrogens with zero attached hydrogens (tertiary/aromatic N) is 2. The van der Waals surface area contributed by atoms with Gasteiger partial charge >= 0.3 is 0 Å². The minimum atomic E-state index is -0.822. The summed E-state index contributed by atoms with van der Waals surface area (Å²) in [6.07, 6.45) is 1.25. The van der Waals surface area contributed by atoms with Crippen molar-refractivity contribution in [3.63, 3.8) is 0 Å². The highest BCUT2D eigenvalue weighted by Crippen LogP contribution is 2.30. The van der Waals surface area contributed by atoms with Crippen molar-refractivity contribution in [3.05, 3.63) is 67.7 Å². The highest BCUT2D eigenvalue weighted by Gasteiger charge is 2.19. The van der Waals surface area contributed by atoms with Gasteiger partial charge in [0.15, 0.2) is 0 Å². The topological polar surface area (TPSA) is 105 Å². The van der Waals surface area contributed by atoms with Gasteiger partial charge in [0.1, 0.15) is 23.1 Å². The molecule has 2 aromatic rings. The lowest BCUT2D eigenvalue weighted by Crippen LogP contribution is -2.14. The van der Waals surface area contributed by atoms with Crippen LogP contribution in [0, 0.1) is 21.4 Å². The fourth-order valence-corrected chi connectivity index (χ4v) is 2.38. The molecule has 7 nitrogen and oxygen atoms in total. The van der Waals surface area contributed by atoms with Crippen molar-refractivity contribution in [2.45, 2.75) is 0 Å². The Morgan fingerprint density at radius 3 is 2.69 bits per heavy atom. The number of benzene rings is 2. The molecule has 0 aliphatic rings. The van der Waals surface area contributed by atoms with Crippen molar-refractivity contribution in [1.82, 2.24) is 0 Å². The predicted octanol–water partition coefficient (Wildman–Crippen LogP) is 4.46. The molecule has 0 saturated heterocycles. The first kappa shape index (κ1) is 19.2. The van der Waals surface area contributed by atoms with E-state index in [0.29, 0.717) is 5.56 Å². The van der Waals surface area contributed by atoms with Crippen molar-refractivity contribution in [3.8, 4) is 11.8 Å². The van der Waals surface area contributed by atoms with E-state index >= 15 is 0 Å². The maximum absolute atomic E-state index is 12.3. The Morgan fingerprint density at radius 2 is 2.08 bits per heavy atom. The van der Waals surface area contributed by atoms with E-state index in [-0.39, 0.29) is 32.7 Å². The van der Waals surface area contributed by atoms with Crippen molar-refractivity contribution >= 4 is 46.6 Å². The second-order valence-electron chi connectivity index (χ2n) is 4.91. The number of rotatable bonds is 5. The minimum Gasteiger partial charge on any atom is -0.496 e. The normalized spacial score (nSPS) is 10.8. The Hall–Kier alpha value is -3.08. The summed E-state index contributed by atoms with van der Waals surface area (Å²) in [4.78, 5) is 22.8. The van der Waals surface area contributed by atoms with Crippen LogP contribution in [0.15, 0.2) is 42.0 Å². The SMILES string of the molecule is COc1ccc(NC(=O)/C(C#N)=C/c2cccc(Cl)c2Cl)c([N+](=O)[O-])c1.